The number of rotatable bonds is 4. The average molecular weight is 343 g/mol. The van der Waals surface area contributed by atoms with Gasteiger partial charge in [-0.1, -0.05) is 12.2 Å². The molecule has 2 rings (SSSR count). The first kappa shape index (κ1) is 17.3. The lowest BCUT2D eigenvalue weighted by Crippen LogP contribution is -2.11. The van der Waals surface area contributed by atoms with Crippen LogP contribution in [0.2, 0.25) is 0 Å². The molecule has 24 heavy (non-hydrogen) atoms. The van der Waals surface area contributed by atoms with E-state index in [0.717, 1.165) is 0 Å². The number of aromatic amines is 1. The van der Waals surface area contributed by atoms with Gasteiger partial charge in [0.1, 0.15) is 11.6 Å². The number of ether oxygens (including phenoxy) is 1. The molecule has 0 amide bonds. The van der Waals surface area contributed by atoms with E-state index < -0.39 is 10.9 Å². The molecule has 0 bridgehead atoms. The number of aromatic nitrogens is 1. The number of aryl methyl sites for hydroxylation is 1. The summed E-state index contributed by atoms with van der Waals surface area (Å²) in [5.41, 5.74) is 1.60. The number of carbonyl (C=O) groups is 1. The summed E-state index contributed by atoms with van der Waals surface area (Å²) in [6, 6.07) is 7.64. The van der Waals surface area contributed by atoms with Crippen LogP contribution >= 0.6 is 12.2 Å². The van der Waals surface area contributed by atoms with Gasteiger partial charge in [-0.25, -0.2) is 4.79 Å². The minimum atomic E-state index is -0.649. The minimum Gasteiger partial charge on any atom is -0.462 e. The SMILES string of the molecule is CCOC(=O)c1c(-c2ccc([N+](=O)[O-])cc2)[nH]c(C)c(C#N)c1=S. The Morgan fingerprint density at radius 2 is 2.04 bits per heavy atom. The van der Waals surface area contributed by atoms with E-state index in [2.05, 4.69) is 4.98 Å². The molecule has 0 fully saturated rings. The van der Waals surface area contributed by atoms with E-state index in [1.165, 1.54) is 24.3 Å². The van der Waals surface area contributed by atoms with E-state index in [4.69, 9.17) is 17.0 Å². The van der Waals surface area contributed by atoms with Crippen LogP contribution in [0.25, 0.3) is 11.3 Å². The number of esters is 1. The van der Waals surface area contributed by atoms with Crippen LogP contribution in [0.3, 0.4) is 0 Å². The van der Waals surface area contributed by atoms with Gasteiger partial charge in [-0.15, -0.1) is 0 Å². The number of nitrogens with one attached hydrogen (secondary N) is 1. The molecule has 0 aliphatic rings. The van der Waals surface area contributed by atoms with Crippen molar-refractivity contribution in [3.05, 3.63) is 55.7 Å². The summed E-state index contributed by atoms with van der Waals surface area (Å²) in [6.45, 7) is 3.48. The molecule has 2 aromatic rings. The maximum atomic E-state index is 12.3. The highest BCUT2D eigenvalue weighted by Gasteiger charge is 2.21. The number of hydrogen-bond donors (Lipinski definition) is 1. The zero-order valence-corrected chi connectivity index (χ0v) is 13.8. The maximum Gasteiger partial charge on any atom is 0.341 e. The summed E-state index contributed by atoms with van der Waals surface area (Å²) < 4.78 is 5.13. The van der Waals surface area contributed by atoms with Crippen molar-refractivity contribution in [3.8, 4) is 17.3 Å². The Bertz CT molecular complexity index is 911. The van der Waals surface area contributed by atoms with Crippen molar-refractivity contribution < 1.29 is 14.5 Å². The molecule has 1 N–H and O–H groups in total. The number of H-pyrrole nitrogens is 1. The number of nitro benzene ring substituents is 1. The molecule has 1 aromatic carbocycles. The molecule has 1 aromatic heterocycles. The molecular formula is C16H13N3O4S. The summed E-state index contributed by atoms with van der Waals surface area (Å²) in [7, 11) is 0. The van der Waals surface area contributed by atoms with E-state index in [0.29, 0.717) is 17.0 Å². The number of non-ortho nitro benzene ring substituents is 1. The first-order valence-electron chi connectivity index (χ1n) is 6.99. The maximum absolute atomic E-state index is 12.3. The van der Waals surface area contributed by atoms with Gasteiger partial charge in [0.05, 0.1) is 27.3 Å². The van der Waals surface area contributed by atoms with Crippen LogP contribution in [0, 0.1) is 32.9 Å². The second kappa shape index (κ2) is 7.02. The lowest BCUT2D eigenvalue weighted by atomic mass is 10.0. The van der Waals surface area contributed by atoms with E-state index in [9.17, 15) is 20.2 Å². The molecule has 0 spiro atoms. The van der Waals surface area contributed by atoms with Crippen molar-refractivity contribution in [2.75, 3.05) is 6.61 Å². The Morgan fingerprint density at radius 1 is 1.42 bits per heavy atom. The zero-order chi connectivity index (χ0) is 17.9. The van der Waals surface area contributed by atoms with Gasteiger partial charge in [0.25, 0.3) is 5.69 Å². The number of nitriles is 1. The van der Waals surface area contributed by atoms with Crippen molar-refractivity contribution in [2.24, 2.45) is 0 Å². The molecule has 0 saturated heterocycles. The first-order chi connectivity index (χ1) is 11.4. The molecule has 0 aliphatic carbocycles. The Kier molecular flexibility index (Phi) is 5.06. The summed E-state index contributed by atoms with van der Waals surface area (Å²) in [4.78, 5) is 25.5. The van der Waals surface area contributed by atoms with Gasteiger partial charge in [-0.3, -0.25) is 10.1 Å². The van der Waals surface area contributed by atoms with Crippen LogP contribution in [-0.2, 0) is 4.74 Å². The van der Waals surface area contributed by atoms with Crippen LogP contribution in [0.5, 0.6) is 0 Å². The summed E-state index contributed by atoms with van der Waals surface area (Å²) in [5, 5.41) is 20.0. The van der Waals surface area contributed by atoms with Crippen molar-refractivity contribution in [1.29, 1.82) is 5.26 Å². The van der Waals surface area contributed by atoms with Crippen molar-refractivity contribution in [1.82, 2.24) is 4.98 Å². The van der Waals surface area contributed by atoms with Crippen molar-refractivity contribution in [2.45, 2.75) is 13.8 Å². The lowest BCUT2D eigenvalue weighted by Gasteiger charge is -2.12. The highest BCUT2D eigenvalue weighted by Crippen LogP contribution is 2.28. The fraction of sp³-hybridized carbons (Fsp3) is 0.188. The zero-order valence-electron chi connectivity index (χ0n) is 13.0. The predicted molar refractivity (Wildman–Crippen MR) is 89.1 cm³/mol. The molecule has 122 valence electrons. The number of hydrogen-bond acceptors (Lipinski definition) is 6. The van der Waals surface area contributed by atoms with Crippen LogP contribution in [-0.4, -0.2) is 22.5 Å². The summed E-state index contributed by atoms with van der Waals surface area (Å²) >= 11 is 5.27. The van der Waals surface area contributed by atoms with E-state index >= 15 is 0 Å². The second-order valence-corrected chi connectivity index (χ2v) is 5.25. The third-order valence-corrected chi connectivity index (χ3v) is 3.76. The Hall–Kier alpha value is -3.05. The normalized spacial score (nSPS) is 10.0. The molecule has 0 aliphatic heterocycles. The third-order valence-electron chi connectivity index (χ3n) is 3.35. The highest BCUT2D eigenvalue weighted by molar-refractivity contribution is 7.71. The third kappa shape index (κ3) is 3.16. The van der Waals surface area contributed by atoms with Gasteiger partial charge in [-0.2, -0.15) is 5.26 Å². The topological polar surface area (TPSA) is 109 Å². The standard InChI is InChI=1S/C16H13N3O4S/c1-3-23-16(20)13-14(18-9(2)12(8-17)15(13)24)10-4-6-11(7-5-10)19(21)22/h4-7H,3H2,1-2H3,(H,18,24). The largest absolute Gasteiger partial charge is 0.462 e. The Labute approximate surface area is 142 Å². The number of pyridine rings is 1. The monoisotopic (exact) mass is 343 g/mol. The molecule has 0 unspecified atom stereocenters. The van der Waals surface area contributed by atoms with Crippen LogP contribution < -0.4 is 0 Å². The van der Waals surface area contributed by atoms with Gasteiger partial charge in [0.2, 0.25) is 0 Å². The highest BCUT2D eigenvalue weighted by atomic mass is 32.1. The van der Waals surface area contributed by atoms with Crippen LogP contribution in [0.1, 0.15) is 28.5 Å². The van der Waals surface area contributed by atoms with E-state index in [-0.39, 0.29) is 27.9 Å². The number of nitro groups is 1. The van der Waals surface area contributed by atoms with Crippen LogP contribution in [0.4, 0.5) is 5.69 Å². The Morgan fingerprint density at radius 3 is 2.54 bits per heavy atom. The fourth-order valence-corrected chi connectivity index (χ4v) is 2.60. The molecule has 1 heterocycles. The number of nitrogens with zero attached hydrogens (tertiary/aromatic N) is 2. The molecular weight excluding hydrogens is 330 g/mol. The number of benzene rings is 1. The van der Waals surface area contributed by atoms with Gasteiger partial charge >= 0.3 is 5.97 Å². The van der Waals surface area contributed by atoms with Gasteiger partial charge < -0.3 is 9.72 Å². The minimum absolute atomic E-state index is 0.0691. The van der Waals surface area contributed by atoms with Gasteiger partial charge in [-0.05, 0) is 31.5 Å². The first-order valence-corrected chi connectivity index (χ1v) is 7.40. The van der Waals surface area contributed by atoms with Crippen molar-refractivity contribution in [3.63, 3.8) is 0 Å². The van der Waals surface area contributed by atoms with Crippen molar-refractivity contribution >= 4 is 23.9 Å². The van der Waals surface area contributed by atoms with E-state index in [1.807, 2.05) is 6.07 Å². The molecule has 0 radical (unpaired) electrons. The van der Waals surface area contributed by atoms with Gasteiger partial charge in [0.15, 0.2) is 0 Å². The predicted octanol–water partition coefficient (Wildman–Crippen LogP) is 3.68. The molecule has 7 nitrogen and oxygen atoms in total. The Balaban J connectivity index is 2.73. The number of carbonyl (C=O) groups excluding carboxylic acids is 1. The molecule has 8 heteroatoms. The molecule has 0 atom stereocenters. The molecule has 0 saturated carbocycles. The lowest BCUT2D eigenvalue weighted by molar-refractivity contribution is -0.384. The van der Waals surface area contributed by atoms with Crippen LogP contribution in [0.15, 0.2) is 24.3 Å². The summed E-state index contributed by atoms with van der Waals surface area (Å²) in [6.07, 6.45) is 0. The summed E-state index contributed by atoms with van der Waals surface area (Å²) in [5.74, 6) is -0.649. The van der Waals surface area contributed by atoms with E-state index in [1.54, 1.807) is 13.8 Å². The fourth-order valence-electron chi connectivity index (χ4n) is 2.22. The second-order valence-electron chi connectivity index (χ2n) is 4.84. The average Bonchev–Trinajstić information content (AvgIpc) is 2.55. The van der Waals surface area contributed by atoms with Gasteiger partial charge in [0, 0.05) is 17.8 Å². The smallest absolute Gasteiger partial charge is 0.341 e. The quantitative estimate of drug-likeness (QED) is 0.392.